The van der Waals surface area contributed by atoms with Crippen LogP contribution in [0.25, 0.3) is 6.08 Å². The Morgan fingerprint density at radius 3 is 1.94 bits per heavy atom. The zero-order valence-corrected chi connectivity index (χ0v) is 14.1. The molecule has 2 heteroatoms. The smallest absolute Gasteiger partial charge is 0.104 e. The molecular formula is C16H26IN. The van der Waals surface area contributed by atoms with Gasteiger partial charge in [0, 0.05) is 5.56 Å². The molecule has 0 amide bonds. The van der Waals surface area contributed by atoms with Crippen LogP contribution < -0.4 is 24.0 Å². The summed E-state index contributed by atoms with van der Waals surface area (Å²) in [5.74, 6) is 0. The molecule has 0 aliphatic carbocycles. The molecule has 0 aliphatic heterocycles. The van der Waals surface area contributed by atoms with E-state index in [2.05, 4.69) is 51.7 Å². The van der Waals surface area contributed by atoms with Crippen LogP contribution in [0.3, 0.4) is 0 Å². The molecule has 18 heavy (non-hydrogen) atoms. The zero-order valence-electron chi connectivity index (χ0n) is 12.0. The van der Waals surface area contributed by atoms with Crippen molar-refractivity contribution in [3.8, 4) is 0 Å². The quantitative estimate of drug-likeness (QED) is 0.505. The van der Waals surface area contributed by atoms with Gasteiger partial charge in [0.2, 0.25) is 0 Å². The Morgan fingerprint density at radius 1 is 1.06 bits per heavy atom. The molecule has 1 rings (SSSR count). The van der Waals surface area contributed by atoms with Crippen molar-refractivity contribution in [3.63, 3.8) is 0 Å². The molecule has 1 aromatic carbocycles. The van der Waals surface area contributed by atoms with Crippen molar-refractivity contribution in [2.75, 3.05) is 20.1 Å². The Labute approximate surface area is 130 Å². The van der Waals surface area contributed by atoms with E-state index in [0.717, 1.165) is 11.0 Å². The van der Waals surface area contributed by atoms with Crippen LogP contribution in [0, 0.1) is 0 Å². The normalized spacial score (nSPS) is 10.8. The van der Waals surface area contributed by atoms with Gasteiger partial charge in [-0.1, -0.05) is 50.8 Å². The standard InChI is InChI=1S/C16H26N.HI/c1-5-12-17(4,13-6-2)14-16-10-8-15(7-3)9-11-16;/h7-11H,3,5-6,12-14H2,1-2,4H3;1H/q+1;/p-1. The second kappa shape index (κ2) is 8.70. The fraction of sp³-hybridized carbons (Fsp3) is 0.500. The number of quaternary nitrogens is 1. The molecule has 0 atom stereocenters. The number of hydrogen-bond acceptors (Lipinski definition) is 0. The lowest BCUT2D eigenvalue weighted by Gasteiger charge is -2.34. The molecule has 0 N–H and O–H groups in total. The van der Waals surface area contributed by atoms with Crippen LogP contribution in [0.1, 0.15) is 37.8 Å². The van der Waals surface area contributed by atoms with Crippen molar-refractivity contribution in [2.45, 2.75) is 33.2 Å². The fourth-order valence-corrected chi connectivity index (χ4v) is 2.55. The lowest BCUT2D eigenvalue weighted by Crippen LogP contribution is -3.00. The Balaban J connectivity index is 0.00000289. The highest BCUT2D eigenvalue weighted by atomic mass is 127. The molecule has 0 radical (unpaired) electrons. The van der Waals surface area contributed by atoms with Gasteiger partial charge in [-0.2, -0.15) is 0 Å². The Kier molecular flexibility index (Phi) is 8.53. The predicted octanol–water partition coefficient (Wildman–Crippen LogP) is 1.10. The molecular weight excluding hydrogens is 333 g/mol. The van der Waals surface area contributed by atoms with Crippen molar-refractivity contribution in [3.05, 3.63) is 42.0 Å². The van der Waals surface area contributed by atoms with Crippen LogP contribution in [-0.2, 0) is 6.54 Å². The second-order valence-electron chi connectivity index (χ2n) is 5.17. The maximum atomic E-state index is 3.79. The van der Waals surface area contributed by atoms with Gasteiger partial charge in [-0.3, -0.25) is 0 Å². The summed E-state index contributed by atoms with van der Waals surface area (Å²) in [6.07, 6.45) is 4.40. The van der Waals surface area contributed by atoms with Gasteiger partial charge in [-0.25, -0.2) is 0 Å². The molecule has 1 nitrogen and oxygen atoms in total. The van der Waals surface area contributed by atoms with Crippen LogP contribution in [0.4, 0.5) is 0 Å². The van der Waals surface area contributed by atoms with Gasteiger partial charge in [-0.15, -0.1) is 0 Å². The maximum Gasteiger partial charge on any atom is 0.104 e. The van der Waals surface area contributed by atoms with Gasteiger partial charge in [-0.05, 0) is 18.4 Å². The Morgan fingerprint density at radius 2 is 1.56 bits per heavy atom. The van der Waals surface area contributed by atoms with E-state index in [9.17, 15) is 0 Å². The molecule has 0 aromatic heterocycles. The molecule has 102 valence electrons. The third-order valence-electron chi connectivity index (χ3n) is 3.31. The number of hydrogen-bond donors (Lipinski definition) is 0. The summed E-state index contributed by atoms with van der Waals surface area (Å²) in [6.45, 7) is 12.0. The number of halogens is 1. The van der Waals surface area contributed by atoms with E-state index in [1.54, 1.807) is 0 Å². The average Bonchev–Trinajstić information content (AvgIpc) is 2.30. The summed E-state index contributed by atoms with van der Waals surface area (Å²) in [7, 11) is 2.37. The molecule has 0 saturated carbocycles. The van der Waals surface area contributed by atoms with Crippen LogP contribution in [-0.4, -0.2) is 24.6 Å². The van der Waals surface area contributed by atoms with E-state index in [0.29, 0.717) is 0 Å². The first-order valence-corrected chi connectivity index (χ1v) is 6.68. The number of nitrogens with zero attached hydrogens (tertiary/aromatic N) is 1. The summed E-state index contributed by atoms with van der Waals surface area (Å²) in [4.78, 5) is 0. The first-order valence-electron chi connectivity index (χ1n) is 6.68. The number of benzene rings is 1. The van der Waals surface area contributed by atoms with E-state index in [-0.39, 0.29) is 24.0 Å². The molecule has 0 bridgehead atoms. The summed E-state index contributed by atoms with van der Waals surface area (Å²) in [6, 6.07) is 8.78. The molecule has 0 fully saturated rings. The molecule has 0 aliphatic rings. The van der Waals surface area contributed by atoms with E-state index in [1.807, 2.05) is 6.08 Å². The summed E-state index contributed by atoms with van der Waals surface area (Å²) < 4.78 is 1.15. The predicted molar refractivity (Wildman–Crippen MR) is 76.7 cm³/mol. The molecule has 0 saturated heterocycles. The summed E-state index contributed by atoms with van der Waals surface area (Å²) >= 11 is 0. The third kappa shape index (κ3) is 5.53. The van der Waals surface area contributed by atoms with Gasteiger partial charge in [0.05, 0.1) is 20.1 Å². The molecule has 0 heterocycles. The van der Waals surface area contributed by atoms with Crippen LogP contribution in [0.5, 0.6) is 0 Å². The minimum absolute atomic E-state index is 0. The minimum Gasteiger partial charge on any atom is -1.00 e. The Hall–Kier alpha value is -0.350. The van der Waals surface area contributed by atoms with Crippen molar-refractivity contribution in [2.24, 2.45) is 0 Å². The molecule has 1 aromatic rings. The van der Waals surface area contributed by atoms with Gasteiger partial charge in [0.25, 0.3) is 0 Å². The van der Waals surface area contributed by atoms with Crippen molar-refractivity contribution < 1.29 is 28.5 Å². The zero-order chi connectivity index (χ0) is 12.7. The van der Waals surface area contributed by atoms with Gasteiger partial charge in [0.1, 0.15) is 6.54 Å². The second-order valence-corrected chi connectivity index (χ2v) is 5.17. The SMILES string of the molecule is C=Cc1ccc(C[N+](C)(CCC)CCC)cc1.[I-]. The highest BCUT2D eigenvalue weighted by Gasteiger charge is 2.19. The first-order chi connectivity index (χ1) is 8.13. The fourth-order valence-electron chi connectivity index (χ4n) is 2.55. The third-order valence-corrected chi connectivity index (χ3v) is 3.31. The largest absolute Gasteiger partial charge is 1.00 e. The first kappa shape index (κ1) is 17.6. The lowest BCUT2D eigenvalue weighted by atomic mass is 10.1. The average molecular weight is 359 g/mol. The highest BCUT2D eigenvalue weighted by molar-refractivity contribution is 5.47. The van der Waals surface area contributed by atoms with Crippen molar-refractivity contribution in [1.82, 2.24) is 0 Å². The van der Waals surface area contributed by atoms with E-state index < -0.39 is 0 Å². The maximum absolute atomic E-state index is 3.79. The van der Waals surface area contributed by atoms with Crippen molar-refractivity contribution >= 4 is 6.08 Å². The van der Waals surface area contributed by atoms with E-state index in [4.69, 9.17) is 0 Å². The van der Waals surface area contributed by atoms with Crippen LogP contribution in [0.2, 0.25) is 0 Å². The van der Waals surface area contributed by atoms with E-state index >= 15 is 0 Å². The van der Waals surface area contributed by atoms with Crippen molar-refractivity contribution in [1.29, 1.82) is 0 Å². The van der Waals surface area contributed by atoms with Crippen LogP contribution in [0.15, 0.2) is 30.8 Å². The minimum atomic E-state index is 0. The monoisotopic (exact) mass is 359 g/mol. The van der Waals surface area contributed by atoms with E-state index in [1.165, 1.54) is 37.1 Å². The summed E-state index contributed by atoms with van der Waals surface area (Å²) in [5.41, 5.74) is 2.63. The van der Waals surface area contributed by atoms with Crippen LogP contribution >= 0.6 is 0 Å². The molecule has 0 unspecified atom stereocenters. The molecule has 0 spiro atoms. The van der Waals surface area contributed by atoms with Gasteiger partial charge >= 0.3 is 0 Å². The lowest BCUT2D eigenvalue weighted by molar-refractivity contribution is -0.922. The highest BCUT2D eigenvalue weighted by Crippen LogP contribution is 2.15. The Bertz CT molecular complexity index is 337. The van der Waals surface area contributed by atoms with Gasteiger partial charge in [0.15, 0.2) is 0 Å². The van der Waals surface area contributed by atoms with Gasteiger partial charge < -0.3 is 28.5 Å². The number of rotatable bonds is 7. The summed E-state index contributed by atoms with van der Waals surface area (Å²) in [5, 5.41) is 0. The topological polar surface area (TPSA) is 0 Å².